The van der Waals surface area contributed by atoms with Crippen molar-refractivity contribution >= 4 is 34.3 Å². The summed E-state index contributed by atoms with van der Waals surface area (Å²) in [6.45, 7) is 4.84. The zero-order valence-electron chi connectivity index (χ0n) is 19.4. The minimum atomic E-state index is -0.299. The third-order valence-corrected chi connectivity index (χ3v) is 6.52. The number of H-pyrrole nitrogens is 1. The number of β-amino-alcohol motifs (C(OH)–C–C–N with tert-alkyl or cyclic N) is 1. The third-order valence-electron chi connectivity index (χ3n) is 6.52. The molecule has 0 aliphatic carbocycles. The molecule has 5 heterocycles. The zero-order chi connectivity index (χ0) is 23.6. The van der Waals surface area contributed by atoms with Crippen LogP contribution in [0.1, 0.15) is 12.8 Å². The number of aliphatic hydroxyl groups excluding tert-OH is 1. The summed E-state index contributed by atoms with van der Waals surface area (Å²) in [5.74, 6) is 1.35. The number of anilines is 4. The molecule has 2 fully saturated rings. The van der Waals surface area contributed by atoms with Gasteiger partial charge in [0, 0.05) is 49.3 Å². The minimum Gasteiger partial charge on any atom is -0.391 e. The number of hydrogen-bond donors (Lipinski definition) is 3. The van der Waals surface area contributed by atoms with E-state index in [0.29, 0.717) is 29.4 Å². The summed E-state index contributed by atoms with van der Waals surface area (Å²) in [5, 5.41) is 13.3. The monoisotopic (exact) mass is 472 g/mol. The molecular formula is C25H28N8O2. The first-order chi connectivity index (χ1) is 17.2. The lowest BCUT2D eigenvalue weighted by Crippen LogP contribution is -2.38. The van der Waals surface area contributed by atoms with E-state index in [9.17, 15) is 5.11 Å². The van der Waals surface area contributed by atoms with Gasteiger partial charge in [-0.25, -0.2) is 15.0 Å². The van der Waals surface area contributed by atoms with Gasteiger partial charge in [0.25, 0.3) is 0 Å². The molecule has 3 aromatic heterocycles. The van der Waals surface area contributed by atoms with Crippen molar-refractivity contribution in [3.05, 3.63) is 48.9 Å². The van der Waals surface area contributed by atoms with E-state index < -0.39 is 0 Å². The largest absolute Gasteiger partial charge is 0.391 e. The average Bonchev–Trinajstić information content (AvgIpc) is 3.38. The Hall–Kier alpha value is -3.76. The summed E-state index contributed by atoms with van der Waals surface area (Å²) in [7, 11) is 0. The molecule has 0 spiro atoms. The number of nitrogens with one attached hydrogen (secondary N) is 2. The van der Waals surface area contributed by atoms with Crippen LogP contribution in [0.15, 0.2) is 48.9 Å². The smallest absolute Gasteiger partial charge is 0.229 e. The Labute approximate surface area is 203 Å². The predicted molar refractivity (Wildman–Crippen MR) is 135 cm³/mol. The van der Waals surface area contributed by atoms with E-state index in [1.165, 1.54) is 5.69 Å². The molecule has 35 heavy (non-hydrogen) atoms. The highest BCUT2D eigenvalue weighted by molar-refractivity contribution is 5.88. The Morgan fingerprint density at radius 2 is 1.83 bits per heavy atom. The lowest BCUT2D eigenvalue weighted by molar-refractivity contribution is 0.122. The van der Waals surface area contributed by atoms with Gasteiger partial charge in [-0.2, -0.15) is 4.98 Å². The Balaban J connectivity index is 1.24. The van der Waals surface area contributed by atoms with E-state index in [1.54, 1.807) is 6.33 Å². The number of nitrogens with zero attached hydrogens (tertiary/aromatic N) is 6. The van der Waals surface area contributed by atoms with Crippen LogP contribution in [0.3, 0.4) is 0 Å². The molecule has 180 valence electrons. The van der Waals surface area contributed by atoms with Crippen LogP contribution in [0, 0.1) is 0 Å². The van der Waals surface area contributed by atoms with Gasteiger partial charge in [0.05, 0.1) is 25.6 Å². The second-order valence-electron chi connectivity index (χ2n) is 8.91. The molecule has 2 saturated heterocycles. The van der Waals surface area contributed by atoms with Crippen LogP contribution in [-0.2, 0) is 4.74 Å². The summed E-state index contributed by atoms with van der Waals surface area (Å²) in [6, 6.07) is 12.3. The van der Waals surface area contributed by atoms with Crippen LogP contribution in [0.4, 0.5) is 23.1 Å². The summed E-state index contributed by atoms with van der Waals surface area (Å²) in [4.78, 5) is 26.0. The number of aliphatic hydroxyl groups is 1. The van der Waals surface area contributed by atoms with Crippen LogP contribution in [0.25, 0.3) is 22.4 Å². The molecule has 0 amide bonds. The SMILES string of the molecule is OC1CCCN(c2ccc(-c3nc(Nc4ccc(N5CCOCC5)cc4)nc4[nH]cnc34)cn2)C1. The number of imidazole rings is 1. The fraction of sp³-hybridized carbons (Fsp3) is 0.360. The number of benzene rings is 1. The standard InChI is InChI=1S/C25H28N8O2/c34-20-2-1-9-33(15-20)21-8-3-17(14-26-21)22-23-24(28-16-27-23)31-25(30-22)29-18-4-6-19(7-5-18)32-10-12-35-13-11-32/h3-8,14,16,20,34H,1-2,9-13,15H2,(H2,27,28,29,30,31). The van der Waals surface area contributed by atoms with Gasteiger partial charge in [0.1, 0.15) is 17.0 Å². The van der Waals surface area contributed by atoms with Crippen molar-refractivity contribution in [3.8, 4) is 11.3 Å². The predicted octanol–water partition coefficient (Wildman–Crippen LogP) is 2.96. The fourth-order valence-corrected chi connectivity index (χ4v) is 4.68. The molecule has 1 aromatic carbocycles. The molecule has 10 nitrogen and oxygen atoms in total. The van der Waals surface area contributed by atoms with E-state index in [-0.39, 0.29) is 6.10 Å². The van der Waals surface area contributed by atoms with Gasteiger partial charge in [-0.1, -0.05) is 0 Å². The molecule has 1 atom stereocenters. The van der Waals surface area contributed by atoms with Crippen molar-refractivity contribution in [2.45, 2.75) is 18.9 Å². The summed E-state index contributed by atoms with van der Waals surface area (Å²) in [5.41, 5.74) is 5.01. The Morgan fingerprint density at radius 3 is 2.60 bits per heavy atom. The first kappa shape index (κ1) is 21.8. The maximum atomic E-state index is 9.99. The normalized spacial score (nSPS) is 18.7. The van der Waals surface area contributed by atoms with Gasteiger partial charge in [-0.3, -0.25) is 0 Å². The van der Waals surface area contributed by atoms with Gasteiger partial charge < -0.3 is 29.9 Å². The number of fused-ring (bicyclic) bond motifs is 1. The van der Waals surface area contributed by atoms with Crippen LogP contribution in [0.2, 0.25) is 0 Å². The Kier molecular flexibility index (Phi) is 5.89. The number of pyridine rings is 1. The second kappa shape index (κ2) is 9.47. The van der Waals surface area contributed by atoms with Crippen molar-refractivity contribution in [2.24, 2.45) is 0 Å². The van der Waals surface area contributed by atoms with Crippen molar-refractivity contribution in [2.75, 3.05) is 54.5 Å². The fourth-order valence-electron chi connectivity index (χ4n) is 4.68. The lowest BCUT2D eigenvalue weighted by atomic mass is 10.1. The molecule has 1 unspecified atom stereocenters. The Morgan fingerprint density at radius 1 is 0.971 bits per heavy atom. The minimum absolute atomic E-state index is 0.299. The van der Waals surface area contributed by atoms with Gasteiger partial charge in [-0.15, -0.1) is 0 Å². The summed E-state index contributed by atoms with van der Waals surface area (Å²) >= 11 is 0. The van der Waals surface area contributed by atoms with E-state index in [2.05, 4.69) is 47.2 Å². The van der Waals surface area contributed by atoms with E-state index in [4.69, 9.17) is 9.72 Å². The van der Waals surface area contributed by atoms with Gasteiger partial charge in [-0.05, 0) is 49.2 Å². The maximum absolute atomic E-state index is 9.99. The highest BCUT2D eigenvalue weighted by Gasteiger charge is 2.19. The van der Waals surface area contributed by atoms with E-state index in [0.717, 1.165) is 62.8 Å². The van der Waals surface area contributed by atoms with Gasteiger partial charge in [0.2, 0.25) is 5.95 Å². The third kappa shape index (κ3) is 4.62. The van der Waals surface area contributed by atoms with Crippen molar-refractivity contribution in [1.82, 2.24) is 24.9 Å². The Bertz CT molecular complexity index is 1290. The maximum Gasteiger partial charge on any atom is 0.229 e. The molecule has 0 bridgehead atoms. The highest BCUT2D eigenvalue weighted by atomic mass is 16.5. The number of aromatic amines is 1. The molecule has 6 rings (SSSR count). The summed E-state index contributed by atoms with van der Waals surface area (Å²) in [6.07, 6.45) is 4.95. The molecular weight excluding hydrogens is 444 g/mol. The van der Waals surface area contributed by atoms with Crippen molar-refractivity contribution < 1.29 is 9.84 Å². The molecule has 3 N–H and O–H groups in total. The number of aromatic nitrogens is 5. The molecule has 0 saturated carbocycles. The first-order valence-corrected chi connectivity index (χ1v) is 12.0. The van der Waals surface area contributed by atoms with Crippen LogP contribution >= 0.6 is 0 Å². The summed E-state index contributed by atoms with van der Waals surface area (Å²) < 4.78 is 5.45. The van der Waals surface area contributed by atoms with Crippen LogP contribution in [0.5, 0.6) is 0 Å². The van der Waals surface area contributed by atoms with Gasteiger partial charge in [0.15, 0.2) is 5.65 Å². The van der Waals surface area contributed by atoms with E-state index >= 15 is 0 Å². The number of morpholine rings is 1. The van der Waals surface area contributed by atoms with Crippen molar-refractivity contribution in [3.63, 3.8) is 0 Å². The van der Waals surface area contributed by atoms with Gasteiger partial charge >= 0.3 is 0 Å². The lowest BCUT2D eigenvalue weighted by Gasteiger charge is -2.31. The number of hydrogen-bond acceptors (Lipinski definition) is 9. The molecule has 10 heteroatoms. The highest BCUT2D eigenvalue weighted by Crippen LogP contribution is 2.28. The van der Waals surface area contributed by atoms with Crippen LogP contribution in [-0.4, -0.2) is 75.5 Å². The average molecular weight is 473 g/mol. The molecule has 0 radical (unpaired) electrons. The molecule has 2 aliphatic heterocycles. The topological polar surface area (TPSA) is 115 Å². The first-order valence-electron chi connectivity index (χ1n) is 12.0. The van der Waals surface area contributed by atoms with Crippen molar-refractivity contribution in [1.29, 1.82) is 0 Å². The number of ether oxygens (including phenoxy) is 1. The zero-order valence-corrected chi connectivity index (χ0v) is 19.4. The number of rotatable bonds is 5. The second-order valence-corrected chi connectivity index (χ2v) is 8.91. The van der Waals surface area contributed by atoms with Crippen LogP contribution < -0.4 is 15.1 Å². The molecule has 4 aromatic rings. The molecule has 2 aliphatic rings. The number of piperidine rings is 1. The van der Waals surface area contributed by atoms with E-state index in [1.807, 2.05) is 30.5 Å². The quantitative estimate of drug-likeness (QED) is 0.403.